The Hall–Kier alpha value is -2.46. The number of nitrogens with zero attached hydrogens (tertiary/aromatic N) is 1. The van der Waals surface area contributed by atoms with Crippen molar-refractivity contribution >= 4 is 17.1 Å². The van der Waals surface area contributed by atoms with Crippen LogP contribution >= 0.6 is 11.3 Å². The standard InChI is InChI=1S/C27H33NO2S/c1-17(2)25-24(31-26(28-25)20-10-8-18(3)9-11-20)15-13-22(29)21-12-14-23(19(4)16-21)30-27(5,6)7/h8-12,14,16-17H,13,15H2,1-7H3. The molecule has 0 aliphatic rings. The predicted molar refractivity (Wildman–Crippen MR) is 131 cm³/mol. The van der Waals surface area contributed by atoms with Gasteiger partial charge in [0.15, 0.2) is 5.78 Å². The van der Waals surface area contributed by atoms with Crippen LogP contribution < -0.4 is 4.74 Å². The summed E-state index contributed by atoms with van der Waals surface area (Å²) in [5, 5.41) is 1.03. The number of carbonyl (C=O) groups excluding carboxylic acids is 1. The molecule has 0 aliphatic heterocycles. The number of aryl methyl sites for hydroxylation is 3. The van der Waals surface area contributed by atoms with Crippen molar-refractivity contribution in [1.82, 2.24) is 4.98 Å². The third-order valence-electron chi connectivity index (χ3n) is 5.07. The summed E-state index contributed by atoms with van der Waals surface area (Å²) in [5.74, 6) is 1.32. The first-order valence-corrected chi connectivity index (χ1v) is 11.7. The number of hydrogen-bond donors (Lipinski definition) is 0. The summed E-state index contributed by atoms with van der Waals surface area (Å²) in [5.41, 5.74) is 4.96. The second-order valence-electron chi connectivity index (χ2n) is 9.47. The molecule has 3 nitrogen and oxygen atoms in total. The lowest BCUT2D eigenvalue weighted by molar-refractivity contribution is 0.0982. The molecule has 164 valence electrons. The van der Waals surface area contributed by atoms with Crippen molar-refractivity contribution in [3.05, 3.63) is 69.7 Å². The molecule has 0 aliphatic carbocycles. The van der Waals surface area contributed by atoms with Gasteiger partial charge in [-0.15, -0.1) is 11.3 Å². The van der Waals surface area contributed by atoms with Crippen LogP contribution in [0.3, 0.4) is 0 Å². The van der Waals surface area contributed by atoms with E-state index in [1.54, 1.807) is 11.3 Å². The SMILES string of the molecule is Cc1ccc(-c2nc(C(C)C)c(CCC(=O)c3ccc(OC(C)(C)C)c(C)c3)s2)cc1. The first-order valence-electron chi connectivity index (χ1n) is 10.9. The molecule has 31 heavy (non-hydrogen) atoms. The molecule has 0 unspecified atom stereocenters. The second-order valence-corrected chi connectivity index (χ2v) is 10.5. The van der Waals surface area contributed by atoms with Crippen LogP contribution in [-0.2, 0) is 6.42 Å². The maximum atomic E-state index is 12.9. The zero-order valence-electron chi connectivity index (χ0n) is 19.7. The number of hydrogen-bond acceptors (Lipinski definition) is 4. The molecular formula is C27H33NO2S. The Morgan fingerprint density at radius 3 is 2.32 bits per heavy atom. The molecule has 2 aromatic carbocycles. The highest BCUT2D eigenvalue weighted by molar-refractivity contribution is 7.15. The summed E-state index contributed by atoms with van der Waals surface area (Å²) in [6.07, 6.45) is 1.20. The van der Waals surface area contributed by atoms with Gasteiger partial charge in [-0.3, -0.25) is 4.79 Å². The second kappa shape index (κ2) is 9.35. The Morgan fingerprint density at radius 1 is 1.06 bits per heavy atom. The summed E-state index contributed by atoms with van der Waals surface area (Å²) < 4.78 is 5.97. The van der Waals surface area contributed by atoms with Gasteiger partial charge in [0.05, 0.1) is 5.69 Å². The fourth-order valence-corrected chi connectivity index (χ4v) is 4.67. The van der Waals surface area contributed by atoms with Gasteiger partial charge in [-0.05, 0) is 70.7 Å². The van der Waals surface area contributed by atoms with E-state index in [9.17, 15) is 4.79 Å². The molecule has 0 saturated carbocycles. The van der Waals surface area contributed by atoms with Crippen LogP contribution in [0.15, 0.2) is 42.5 Å². The Morgan fingerprint density at radius 2 is 1.74 bits per heavy atom. The number of carbonyl (C=O) groups is 1. The van der Waals surface area contributed by atoms with E-state index in [4.69, 9.17) is 9.72 Å². The third kappa shape index (κ3) is 6.04. The molecule has 3 rings (SSSR count). The molecule has 0 N–H and O–H groups in total. The average Bonchev–Trinajstić information content (AvgIpc) is 3.12. The largest absolute Gasteiger partial charge is 0.488 e. The van der Waals surface area contributed by atoms with Crippen LogP contribution in [0.5, 0.6) is 5.75 Å². The minimum absolute atomic E-state index is 0.158. The Balaban J connectivity index is 1.75. The van der Waals surface area contributed by atoms with Gasteiger partial charge in [0.25, 0.3) is 0 Å². The summed E-state index contributed by atoms with van der Waals surface area (Å²) in [4.78, 5) is 19.0. The van der Waals surface area contributed by atoms with Crippen LogP contribution in [0.2, 0.25) is 0 Å². The lowest BCUT2D eigenvalue weighted by Gasteiger charge is -2.22. The van der Waals surface area contributed by atoms with Crippen molar-refractivity contribution in [2.45, 2.75) is 72.8 Å². The minimum atomic E-state index is -0.259. The molecule has 1 heterocycles. The number of aromatic nitrogens is 1. The summed E-state index contributed by atoms with van der Waals surface area (Å²) in [6, 6.07) is 14.2. The minimum Gasteiger partial charge on any atom is -0.488 e. The molecule has 0 radical (unpaired) electrons. The molecule has 0 atom stereocenters. The monoisotopic (exact) mass is 435 g/mol. The molecule has 4 heteroatoms. The van der Waals surface area contributed by atoms with Gasteiger partial charge in [-0.25, -0.2) is 4.98 Å². The lowest BCUT2D eigenvalue weighted by Crippen LogP contribution is -2.23. The lowest BCUT2D eigenvalue weighted by atomic mass is 10.0. The molecular weight excluding hydrogens is 402 g/mol. The number of ether oxygens (including phenoxy) is 1. The molecule has 0 fully saturated rings. The van der Waals surface area contributed by atoms with E-state index >= 15 is 0 Å². The highest BCUT2D eigenvalue weighted by Crippen LogP contribution is 2.33. The van der Waals surface area contributed by atoms with Gasteiger partial charge < -0.3 is 4.74 Å². The van der Waals surface area contributed by atoms with Crippen molar-refractivity contribution in [2.75, 3.05) is 0 Å². The van der Waals surface area contributed by atoms with Gasteiger partial charge >= 0.3 is 0 Å². The fraction of sp³-hybridized carbons (Fsp3) is 0.407. The van der Waals surface area contributed by atoms with Gasteiger partial charge in [-0.1, -0.05) is 43.7 Å². The highest BCUT2D eigenvalue weighted by Gasteiger charge is 2.18. The number of Topliss-reactive ketones (excluding diaryl/α,β-unsaturated/α-hetero) is 1. The van der Waals surface area contributed by atoms with Crippen molar-refractivity contribution in [2.24, 2.45) is 0 Å². The quantitative estimate of drug-likeness (QED) is 0.360. The fourth-order valence-electron chi connectivity index (χ4n) is 3.45. The average molecular weight is 436 g/mol. The Bertz CT molecular complexity index is 1060. The predicted octanol–water partition coefficient (Wildman–Crippen LogP) is 7.54. The maximum absolute atomic E-state index is 12.9. The first-order chi connectivity index (χ1) is 14.5. The molecule has 1 aromatic heterocycles. The molecule has 3 aromatic rings. The van der Waals surface area contributed by atoms with Crippen molar-refractivity contribution in [1.29, 1.82) is 0 Å². The molecule has 0 spiro atoms. The van der Waals surface area contributed by atoms with Crippen LogP contribution in [0.25, 0.3) is 10.6 Å². The van der Waals surface area contributed by atoms with Crippen molar-refractivity contribution in [3.63, 3.8) is 0 Å². The van der Waals surface area contributed by atoms with E-state index in [1.807, 2.05) is 45.9 Å². The summed E-state index contributed by atoms with van der Waals surface area (Å²) in [6.45, 7) is 14.5. The summed E-state index contributed by atoms with van der Waals surface area (Å²) >= 11 is 1.71. The normalized spacial score (nSPS) is 11.7. The number of thiazole rings is 1. The number of ketones is 1. The summed E-state index contributed by atoms with van der Waals surface area (Å²) in [7, 11) is 0. The number of benzene rings is 2. The molecule has 0 bridgehead atoms. The highest BCUT2D eigenvalue weighted by atomic mass is 32.1. The smallest absolute Gasteiger partial charge is 0.163 e. The van der Waals surface area contributed by atoms with E-state index in [0.29, 0.717) is 12.3 Å². The maximum Gasteiger partial charge on any atom is 0.163 e. The van der Waals surface area contributed by atoms with E-state index < -0.39 is 0 Å². The van der Waals surface area contributed by atoms with Gasteiger partial charge in [0.2, 0.25) is 0 Å². The topological polar surface area (TPSA) is 39.2 Å². The van der Waals surface area contributed by atoms with Crippen molar-refractivity contribution < 1.29 is 9.53 Å². The zero-order chi connectivity index (χ0) is 22.8. The molecule has 0 saturated heterocycles. The first kappa shape index (κ1) is 23.2. The van der Waals surface area contributed by atoms with E-state index in [0.717, 1.165) is 39.6 Å². The third-order valence-corrected chi connectivity index (χ3v) is 6.25. The van der Waals surface area contributed by atoms with Crippen LogP contribution in [0.4, 0.5) is 0 Å². The Labute approximate surface area is 190 Å². The van der Waals surface area contributed by atoms with E-state index in [2.05, 4.69) is 45.0 Å². The number of rotatable bonds is 7. The van der Waals surface area contributed by atoms with E-state index in [-0.39, 0.29) is 11.4 Å². The van der Waals surface area contributed by atoms with Gasteiger partial charge in [0.1, 0.15) is 16.4 Å². The molecule has 0 amide bonds. The Kier molecular flexibility index (Phi) is 7.00. The van der Waals surface area contributed by atoms with Crippen LogP contribution in [0, 0.1) is 13.8 Å². The van der Waals surface area contributed by atoms with Gasteiger partial charge in [-0.2, -0.15) is 0 Å². The van der Waals surface area contributed by atoms with Crippen LogP contribution in [-0.4, -0.2) is 16.4 Å². The van der Waals surface area contributed by atoms with Gasteiger partial charge in [0, 0.05) is 22.4 Å². The van der Waals surface area contributed by atoms with Crippen molar-refractivity contribution in [3.8, 4) is 16.3 Å². The van der Waals surface area contributed by atoms with E-state index in [1.165, 1.54) is 10.4 Å². The van der Waals surface area contributed by atoms with Crippen LogP contribution in [0.1, 0.15) is 79.0 Å². The zero-order valence-corrected chi connectivity index (χ0v) is 20.5.